The van der Waals surface area contributed by atoms with Gasteiger partial charge in [-0.25, -0.2) is 0 Å². The predicted molar refractivity (Wildman–Crippen MR) is 46.0 cm³/mol. The molecule has 1 aromatic heterocycles. The number of para-hydroxylation sites is 1. The minimum atomic E-state index is -0.0112. The van der Waals surface area contributed by atoms with E-state index in [2.05, 4.69) is 27.3 Å². The van der Waals surface area contributed by atoms with Crippen LogP contribution in [0.2, 0.25) is 0 Å². The summed E-state index contributed by atoms with van der Waals surface area (Å²) in [4.78, 5) is 2.18. The predicted octanol–water partition coefficient (Wildman–Crippen LogP) is -1.84. The molecule has 1 heterocycles. The quantitative estimate of drug-likeness (QED) is 0.480. The monoisotopic (exact) mass is 286 g/mol. The zero-order chi connectivity index (χ0) is 9.10. The first-order valence-corrected chi connectivity index (χ1v) is 7.10. The van der Waals surface area contributed by atoms with Crippen molar-refractivity contribution in [2.45, 2.75) is 0 Å². The van der Waals surface area contributed by atoms with Crippen molar-refractivity contribution in [1.29, 1.82) is 0 Å². The number of nitrogens with zero attached hydrogens (tertiary/aromatic N) is 3. The van der Waals surface area contributed by atoms with E-state index in [1.54, 1.807) is 6.33 Å². The van der Waals surface area contributed by atoms with Crippen molar-refractivity contribution >= 4 is 0 Å². The second-order valence-electron chi connectivity index (χ2n) is 2.49. The number of hydrogen-bond acceptors (Lipinski definition) is 2. The van der Waals surface area contributed by atoms with Gasteiger partial charge in [0.05, 0.1) is 0 Å². The molecule has 0 saturated heterocycles. The Hall–Kier alpha value is -0.910. The summed E-state index contributed by atoms with van der Waals surface area (Å²) >= 11 is -0.0112. The van der Waals surface area contributed by atoms with Gasteiger partial charge in [-0.1, -0.05) is 0 Å². The summed E-state index contributed by atoms with van der Waals surface area (Å²) in [6.45, 7) is 0. The van der Waals surface area contributed by atoms with Gasteiger partial charge in [0, 0.05) is 0 Å². The van der Waals surface area contributed by atoms with Crippen LogP contribution in [-0.2, 0) is 0 Å². The van der Waals surface area contributed by atoms with Crippen LogP contribution in [0.3, 0.4) is 0 Å². The standard InChI is InChI=1S/C9H9IN3/c1-10-9-12-11-7-13(9)8-5-3-2-4-6-8/h2-7H,1H3/q-1. The van der Waals surface area contributed by atoms with Gasteiger partial charge in [-0.3, -0.25) is 0 Å². The van der Waals surface area contributed by atoms with Gasteiger partial charge in [-0.2, -0.15) is 0 Å². The summed E-state index contributed by atoms with van der Waals surface area (Å²) in [5.41, 5.74) is 1.14. The molecule has 0 saturated carbocycles. The Kier molecular flexibility index (Phi) is 2.58. The van der Waals surface area contributed by atoms with E-state index in [0.717, 1.165) is 9.52 Å². The Morgan fingerprint density at radius 3 is 2.69 bits per heavy atom. The summed E-state index contributed by atoms with van der Waals surface area (Å²) in [5.74, 6) is 0. The molecule has 0 aliphatic heterocycles. The molecule has 0 aliphatic carbocycles. The molecular weight excluding hydrogens is 277 g/mol. The molecular formula is C9H9IN3-. The van der Waals surface area contributed by atoms with Crippen LogP contribution in [0.5, 0.6) is 0 Å². The van der Waals surface area contributed by atoms with Gasteiger partial charge in [0.15, 0.2) is 0 Å². The van der Waals surface area contributed by atoms with Gasteiger partial charge in [-0.15, -0.1) is 0 Å². The average Bonchev–Trinajstić information content (AvgIpc) is 2.67. The zero-order valence-electron chi connectivity index (χ0n) is 7.18. The molecule has 0 spiro atoms. The van der Waals surface area contributed by atoms with E-state index < -0.39 is 0 Å². The van der Waals surface area contributed by atoms with Gasteiger partial charge in [-0.05, 0) is 0 Å². The van der Waals surface area contributed by atoms with Gasteiger partial charge >= 0.3 is 87.1 Å². The van der Waals surface area contributed by atoms with Gasteiger partial charge in [0.25, 0.3) is 0 Å². The third-order valence-corrected chi connectivity index (χ3v) is 3.41. The van der Waals surface area contributed by atoms with Crippen LogP contribution in [-0.4, -0.2) is 19.7 Å². The third kappa shape index (κ3) is 1.72. The second kappa shape index (κ2) is 3.87. The molecule has 0 N–H and O–H groups in total. The molecule has 0 unspecified atom stereocenters. The summed E-state index contributed by atoms with van der Waals surface area (Å²) in [6.07, 6.45) is 1.77. The fourth-order valence-corrected chi connectivity index (χ4v) is 2.37. The first kappa shape index (κ1) is 8.68. The number of alkyl halides is 1. The number of rotatable bonds is 2. The van der Waals surface area contributed by atoms with E-state index >= 15 is 0 Å². The van der Waals surface area contributed by atoms with Crippen LogP contribution in [0.1, 0.15) is 0 Å². The number of hydrogen-bond donors (Lipinski definition) is 0. The summed E-state index contributed by atoms with van der Waals surface area (Å²) in [5, 5.41) is 7.98. The van der Waals surface area contributed by atoms with Crippen molar-refractivity contribution in [2.75, 3.05) is 4.93 Å². The van der Waals surface area contributed by atoms with E-state index in [0.29, 0.717) is 0 Å². The first-order chi connectivity index (χ1) is 6.42. The van der Waals surface area contributed by atoms with E-state index in [4.69, 9.17) is 0 Å². The number of aromatic nitrogens is 3. The second-order valence-corrected chi connectivity index (χ2v) is 4.54. The topological polar surface area (TPSA) is 30.7 Å². The summed E-state index contributed by atoms with van der Waals surface area (Å²) in [7, 11) is 0. The van der Waals surface area contributed by atoms with Gasteiger partial charge < -0.3 is 0 Å². The number of halogens is 1. The molecule has 68 valence electrons. The molecule has 3 nitrogen and oxygen atoms in total. The summed E-state index contributed by atoms with van der Waals surface area (Å²) in [6, 6.07) is 10.2. The molecule has 0 aliphatic rings. The van der Waals surface area contributed by atoms with Crippen molar-refractivity contribution in [3.63, 3.8) is 0 Å². The molecule has 1 aromatic carbocycles. The van der Waals surface area contributed by atoms with Gasteiger partial charge in [0.1, 0.15) is 0 Å². The fraction of sp³-hybridized carbons (Fsp3) is 0.111. The van der Waals surface area contributed by atoms with Crippen LogP contribution in [0, 0.1) is 3.83 Å². The van der Waals surface area contributed by atoms with E-state index in [9.17, 15) is 0 Å². The zero-order valence-corrected chi connectivity index (χ0v) is 9.34. The minimum absolute atomic E-state index is 0.0112. The van der Waals surface area contributed by atoms with Crippen LogP contribution in [0.25, 0.3) is 5.69 Å². The summed E-state index contributed by atoms with van der Waals surface area (Å²) < 4.78 is 3.15. The van der Waals surface area contributed by atoms with Crippen LogP contribution in [0.15, 0.2) is 36.7 Å². The molecule has 2 aromatic rings. The van der Waals surface area contributed by atoms with Crippen LogP contribution in [0.4, 0.5) is 0 Å². The Morgan fingerprint density at radius 2 is 2.00 bits per heavy atom. The van der Waals surface area contributed by atoms with Crippen molar-refractivity contribution in [3.05, 3.63) is 40.5 Å². The van der Waals surface area contributed by atoms with Crippen molar-refractivity contribution in [1.82, 2.24) is 14.8 Å². The molecule has 0 bridgehead atoms. The molecule has 13 heavy (non-hydrogen) atoms. The molecule has 4 heteroatoms. The van der Waals surface area contributed by atoms with Crippen LogP contribution < -0.4 is 21.2 Å². The van der Waals surface area contributed by atoms with Crippen molar-refractivity contribution in [3.8, 4) is 5.69 Å². The van der Waals surface area contributed by atoms with Crippen molar-refractivity contribution < 1.29 is 21.2 Å². The molecule has 0 atom stereocenters. The van der Waals surface area contributed by atoms with E-state index in [1.165, 1.54) is 0 Å². The van der Waals surface area contributed by atoms with Gasteiger partial charge in [0.2, 0.25) is 0 Å². The average molecular weight is 286 g/mol. The van der Waals surface area contributed by atoms with E-state index in [1.807, 2.05) is 22.8 Å². The fourth-order valence-electron chi connectivity index (χ4n) is 1.11. The Bertz CT molecular complexity index is 383. The molecule has 0 radical (unpaired) electrons. The first-order valence-electron chi connectivity index (χ1n) is 3.86. The molecule has 0 fully saturated rings. The SMILES string of the molecule is C[I-]c1nncn1-c1ccccc1. The Morgan fingerprint density at radius 1 is 1.23 bits per heavy atom. The third-order valence-electron chi connectivity index (χ3n) is 1.71. The van der Waals surface area contributed by atoms with E-state index in [-0.39, 0.29) is 21.2 Å². The normalized spacial score (nSPS) is 10.5. The maximum atomic E-state index is 4.07. The van der Waals surface area contributed by atoms with Crippen LogP contribution >= 0.6 is 0 Å². The molecule has 2 rings (SSSR count). The molecule has 0 amide bonds. The number of benzene rings is 1. The maximum absolute atomic E-state index is 4.07. The van der Waals surface area contributed by atoms with Crippen molar-refractivity contribution in [2.24, 2.45) is 0 Å². The Balaban J connectivity index is 2.47. The Labute approximate surface area is 87.1 Å².